The van der Waals surface area contributed by atoms with E-state index < -0.39 is 0 Å². The zero-order valence-corrected chi connectivity index (χ0v) is 8.29. The van der Waals surface area contributed by atoms with E-state index in [9.17, 15) is 0 Å². The van der Waals surface area contributed by atoms with Crippen LogP contribution in [0.4, 0.5) is 12.0 Å². The molecule has 5 nitrogen and oxygen atoms in total. The molecule has 0 radical (unpaired) electrons. The Hall–Kier alpha value is -1.26. The van der Waals surface area contributed by atoms with E-state index >= 15 is 0 Å². The second kappa shape index (κ2) is 3.64. The first-order valence-electron chi connectivity index (χ1n) is 4.30. The van der Waals surface area contributed by atoms with Gasteiger partial charge in [-0.1, -0.05) is 31.0 Å². The fraction of sp³-hybridized carbons (Fsp3) is 0.750. The van der Waals surface area contributed by atoms with Gasteiger partial charge in [0.05, 0.1) is 0 Å². The summed E-state index contributed by atoms with van der Waals surface area (Å²) >= 11 is 0. The Morgan fingerprint density at radius 3 is 2.54 bits per heavy atom. The number of hydrogen-bond donors (Lipinski definition) is 2. The lowest BCUT2D eigenvalue weighted by molar-refractivity contribution is 0.388. The van der Waals surface area contributed by atoms with Crippen molar-refractivity contribution in [1.82, 2.24) is 10.2 Å². The highest BCUT2D eigenvalue weighted by Crippen LogP contribution is 2.18. The van der Waals surface area contributed by atoms with Crippen molar-refractivity contribution in [1.29, 1.82) is 0 Å². The topological polar surface area (TPSA) is 77.0 Å². The average Bonchev–Trinajstić information content (AvgIpc) is 2.33. The summed E-state index contributed by atoms with van der Waals surface area (Å²) in [7, 11) is 0. The Morgan fingerprint density at radius 2 is 2.08 bits per heavy atom. The van der Waals surface area contributed by atoms with Gasteiger partial charge < -0.3 is 15.5 Å². The van der Waals surface area contributed by atoms with E-state index in [1.54, 1.807) is 0 Å². The summed E-state index contributed by atoms with van der Waals surface area (Å²) in [5.74, 6) is 0. The number of nitrogens with one attached hydrogen (secondary N) is 1. The third kappa shape index (κ3) is 3.78. The van der Waals surface area contributed by atoms with Crippen molar-refractivity contribution in [2.24, 2.45) is 5.41 Å². The highest BCUT2D eigenvalue weighted by molar-refractivity contribution is 5.22. The Balaban J connectivity index is 2.28. The molecular weight excluding hydrogens is 168 g/mol. The fourth-order valence-corrected chi connectivity index (χ4v) is 0.850. The molecular formula is C8H16N4O. The van der Waals surface area contributed by atoms with Crippen LogP contribution in [0.5, 0.6) is 0 Å². The van der Waals surface area contributed by atoms with E-state index in [4.69, 9.17) is 10.2 Å². The molecule has 0 amide bonds. The normalized spacial score (nSPS) is 11.6. The monoisotopic (exact) mass is 184 g/mol. The smallest absolute Gasteiger partial charge is 0.316 e. The molecule has 0 spiro atoms. The van der Waals surface area contributed by atoms with Gasteiger partial charge in [-0.15, -0.1) is 0 Å². The molecule has 0 fully saturated rings. The first kappa shape index (κ1) is 9.83. The highest BCUT2D eigenvalue weighted by Gasteiger charge is 2.10. The lowest BCUT2D eigenvalue weighted by atomic mass is 9.92. The van der Waals surface area contributed by atoms with Crippen LogP contribution in [0.15, 0.2) is 4.42 Å². The van der Waals surface area contributed by atoms with Gasteiger partial charge in [0, 0.05) is 6.54 Å². The van der Waals surface area contributed by atoms with Gasteiger partial charge in [-0.3, -0.25) is 0 Å². The van der Waals surface area contributed by atoms with Crippen LogP contribution in [-0.4, -0.2) is 16.7 Å². The number of aromatic nitrogens is 2. The van der Waals surface area contributed by atoms with Gasteiger partial charge in [-0.25, -0.2) is 0 Å². The maximum Gasteiger partial charge on any atom is 0.316 e. The largest absolute Gasteiger partial charge is 0.390 e. The lowest BCUT2D eigenvalue weighted by Crippen LogP contribution is -2.12. The number of anilines is 2. The summed E-state index contributed by atoms with van der Waals surface area (Å²) in [6, 6.07) is 0.486. The first-order valence-corrected chi connectivity index (χ1v) is 4.30. The van der Waals surface area contributed by atoms with E-state index in [1.807, 2.05) is 0 Å². The van der Waals surface area contributed by atoms with Crippen molar-refractivity contribution < 1.29 is 4.42 Å². The molecule has 5 heteroatoms. The standard InChI is InChI=1S/C8H16N4O/c1-8(2,3)4-5-10-7-12-11-6(9)13-7/h4-5H2,1-3H3,(H2,9,11)(H,10,12). The Bertz CT molecular complexity index is 263. The Labute approximate surface area is 77.7 Å². The third-order valence-electron chi connectivity index (χ3n) is 1.59. The minimum absolute atomic E-state index is 0.0956. The molecule has 0 atom stereocenters. The van der Waals surface area contributed by atoms with Gasteiger partial charge in [0.2, 0.25) is 0 Å². The number of nitrogens with two attached hydrogens (primary N) is 1. The molecule has 0 aliphatic rings. The van der Waals surface area contributed by atoms with Gasteiger partial charge >= 0.3 is 12.0 Å². The van der Waals surface area contributed by atoms with Gasteiger partial charge in [-0.2, -0.15) is 0 Å². The Morgan fingerprint density at radius 1 is 1.38 bits per heavy atom. The average molecular weight is 184 g/mol. The Kier molecular flexibility index (Phi) is 2.75. The summed E-state index contributed by atoms with van der Waals surface area (Å²) in [4.78, 5) is 0. The van der Waals surface area contributed by atoms with Crippen LogP contribution in [0.1, 0.15) is 27.2 Å². The number of nitrogen functional groups attached to an aromatic ring is 1. The molecule has 1 aromatic rings. The molecule has 0 aliphatic heterocycles. The molecule has 1 heterocycles. The van der Waals surface area contributed by atoms with Crippen LogP contribution in [-0.2, 0) is 0 Å². The van der Waals surface area contributed by atoms with Crippen LogP contribution >= 0.6 is 0 Å². The van der Waals surface area contributed by atoms with E-state index in [1.165, 1.54) is 0 Å². The SMILES string of the molecule is CC(C)(C)CCNc1nnc(N)o1. The van der Waals surface area contributed by atoms with Gasteiger partial charge in [0.1, 0.15) is 0 Å². The van der Waals surface area contributed by atoms with Crippen LogP contribution in [0.2, 0.25) is 0 Å². The second-order valence-corrected chi connectivity index (χ2v) is 4.18. The molecule has 74 valence electrons. The minimum atomic E-state index is 0.0956. The van der Waals surface area contributed by atoms with Crippen LogP contribution < -0.4 is 11.1 Å². The van der Waals surface area contributed by atoms with Crippen LogP contribution in [0.25, 0.3) is 0 Å². The summed E-state index contributed by atoms with van der Waals surface area (Å²) in [6.07, 6.45) is 1.04. The molecule has 0 aromatic carbocycles. The fourth-order valence-electron chi connectivity index (χ4n) is 0.850. The predicted octanol–water partition coefficient (Wildman–Crippen LogP) is 1.50. The molecule has 0 saturated carbocycles. The summed E-state index contributed by atoms with van der Waals surface area (Å²) in [5.41, 5.74) is 5.56. The van der Waals surface area contributed by atoms with Crippen molar-refractivity contribution in [2.45, 2.75) is 27.2 Å². The zero-order valence-electron chi connectivity index (χ0n) is 8.29. The van der Waals surface area contributed by atoms with Crippen molar-refractivity contribution in [3.63, 3.8) is 0 Å². The first-order chi connectivity index (χ1) is 5.97. The molecule has 3 N–H and O–H groups in total. The quantitative estimate of drug-likeness (QED) is 0.744. The number of hydrogen-bond acceptors (Lipinski definition) is 5. The third-order valence-corrected chi connectivity index (χ3v) is 1.59. The van der Waals surface area contributed by atoms with Gasteiger partial charge in [0.15, 0.2) is 0 Å². The second-order valence-electron chi connectivity index (χ2n) is 4.18. The predicted molar refractivity (Wildman–Crippen MR) is 51.3 cm³/mol. The molecule has 13 heavy (non-hydrogen) atoms. The zero-order chi connectivity index (χ0) is 9.90. The van der Waals surface area contributed by atoms with Gasteiger partial charge in [-0.05, 0) is 11.8 Å². The maximum absolute atomic E-state index is 5.26. The molecule has 0 unspecified atom stereocenters. The maximum atomic E-state index is 5.26. The molecule has 0 aliphatic carbocycles. The van der Waals surface area contributed by atoms with E-state index in [0.29, 0.717) is 11.4 Å². The summed E-state index contributed by atoms with van der Waals surface area (Å²) in [6.45, 7) is 7.34. The van der Waals surface area contributed by atoms with Crippen molar-refractivity contribution in [3.05, 3.63) is 0 Å². The van der Waals surface area contributed by atoms with Crippen LogP contribution in [0, 0.1) is 5.41 Å². The van der Waals surface area contributed by atoms with Gasteiger partial charge in [0.25, 0.3) is 0 Å². The molecule has 0 saturated heterocycles. The van der Waals surface area contributed by atoms with Crippen molar-refractivity contribution >= 4 is 12.0 Å². The van der Waals surface area contributed by atoms with Crippen molar-refractivity contribution in [3.8, 4) is 0 Å². The summed E-state index contributed by atoms with van der Waals surface area (Å²) < 4.78 is 4.94. The minimum Gasteiger partial charge on any atom is -0.390 e. The van der Waals surface area contributed by atoms with E-state index in [2.05, 4.69) is 36.3 Å². The molecule has 1 aromatic heterocycles. The summed E-state index contributed by atoms with van der Waals surface area (Å²) in [5, 5.41) is 10.2. The van der Waals surface area contributed by atoms with Crippen molar-refractivity contribution in [2.75, 3.05) is 17.6 Å². The van der Waals surface area contributed by atoms with E-state index in [-0.39, 0.29) is 6.01 Å². The van der Waals surface area contributed by atoms with E-state index in [0.717, 1.165) is 13.0 Å². The number of nitrogens with zero attached hydrogens (tertiary/aromatic N) is 2. The molecule has 0 bridgehead atoms. The molecule has 1 rings (SSSR count). The number of rotatable bonds is 3. The van der Waals surface area contributed by atoms with Crippen LogP contribution in [0.3, 0.4) is 0 Å². The highest BCUT2D eigenvalue weighted by atomic mass is 16.4. The lowest BCUT2D eigenvalue weighted by Gasteiger charge is -2.17.